The van der Waals surface area contributed by atoms with Gasteiger partial charge in [-0.15, -0.1) is 0 Å². The van der Waals surface area contributed by atoms with Gasteiger partial charge in [0.25, 0.3) is 0 Å². The minimum Gasteiger partial charge on any atom is -0.496 e. The van der Waals surface area contributed by atoms with Crippen molar-refractivity contribution in [3.05, 3.63) is 62.9 Å². The summed E-state index contributed by atoms with van der Waals surface area (Å²) in [4.78, 5) is 12.5. The molecule has 2 aromatic carbocycles. The maximum Gasteiger partial charge on any atom is 0.196 e. The molecule has 104 valence electrons. The van der Waals surface area contributed by atoms with Crippen molar-refractivity contribution in [2.24, 2.45) is 0 Å². The first-order valence-electron chi connectivity index (χ1n) is 6.09. The van der Waals surface area contributed by atoms with Crippen LogP contribution < -0.4 is 4.74 Å². The van der Waals surface area contributed by atoms with Gasteiger partial charge < -0.3 is 4.74 Å². The molecule has 2 nitrogen and oxygen atoms in total. The molecular weight excluding hydrogens is 323 g/mol. The minimum atomic E-state index is -0.321. The molecule has 0 atom stereocenters. The van der Waals surface area contributed by atoms with E-state index in [2.05, 4.69) is 15.9 Å². The molecule has 0 unspecified atom stereocenters. The molecule has 0 amide bonds. The Labute approximate surface area is 125 Å². The van der Waals surface area contributed by atoms with Crippen molar-refractivity contribution in [1.82, 2.24) is 0 Å². The summed E-state index contributed by atoms with van der Waals surface area (Å²) in [6.07, 6.45) is 0. The summed E-state index contributed by atoms with van der Waals surface area (Å²) < 4.78 is 19.4. The number of ketones is 1. The van der Waals surface area contributed by atoms with E-state index in [1.54, 1.807) is 25.1 Å². The third-order valence-electron chi connectivity index (χ3n) is 3.15. The van der Waals surface area contributed by atoms with E-state index in [-0.39, 0.29) is 11.6 Å². The van der Waals surface area contributed by atoms with Crippen molar-refractivity contribution >= 4 is 21.7 Å². The van der Waals surface area contributed by atoms with Crippen LogP contribution in [0.1, 0.15) is 27.0 Å². The quantitative estimate of drug-likeness (QED) is 0.774. The fraction of sp³-hybridized carbons (Fsp3) is 0.188. The Bertz CT molecular complexity index is 680. The number of ether oxygens (including phenoxy) is 1. The Hall–Kier alpha value is -1.68. The SMILES string of the molecule is COc1cc(C)c(Br)cc1C(=O)c1ccc(F)c(C)c1. The molecule has 0 aliphatic carbocycles. The molecule has 0 heterocycles. The maximum absolute atomic E-state index is 13.3. The molecule has 0 bridgehead atoms. The minimum absolute atomic E-state index is 0.189. The first kappa shape index (κ1) is 14.7. The molecule has 0 saturated heterocycles. The fourth-order valence-electron chi connectivity index (χ4n) is 1.94. The van der Waals surface area contributed by atoms with Gasteiger partial charge in [0, 0.05) is 10.0 Å². The van der Waals surface area contributed by atoms with Crippen LogP contribution in [0.3, 0.4) is 0 Å². The van der Waals surface area contributed by atoms with Gasteiger partial charge in [0.1, 0.15) is 11.6 Å². The van der Waals surface area contributed by atoms with Gasteiger partial charge in [0.05, 0.1) is 12.7 Å². The van der Waals surface area contributed by atoms with Crippen LogP contribution >= 0.6 is 15.9 Å². The van der Waals surface area contributed by atoms with Crippen LogP contribution in [0, 0.1) is 19.7 Å². The van der Waals surface area contributed by atoms with E-state index < -0.39 is 0 Å². The van der Waals surface area contributed by atoms with Crippen LogP contribution in [0.15, 0.2) is 34.8 Å². The highest BCUT2D eigenvalue weighted by Crippen LogP contribution is 2.29. The molecule has 2 rings (SSSR count). The van der Waals surface area contributed by atoms with Gasteiger partial charge in [-0.25, -0.2) is 4.39 Å². The van der Waals surface area contributed by atoms with Crippen molar-refractivity contribution in [3.8, 4) is 5.75 Å². The number of halogens is 2. The Balaban J connectivity index is 2.52. The second-order valence-electron chi connectivity index (χ2n) is 4.59. The number of benzene rings is 2. The Morgan fingerprint density at radius 2 is 1.85 bits per heavy atom. The van der Waals surface area contributed by atoms with Crippen LogP contribution in [-0.4, -0.2) is 12.9 Å². The van der Waals surface area contributed by atoms with E-state index in [4.69, 9.17) is 4.74 Å². The number of hydrogen-bond donors (Lipinski definition) is 0. The molecule has 4 heteroatoms. The van der Waals surface area contributed by atoms with E-state index >= 15 is 0 Å². The standard InChI is InChI=1S/C16H14BrFO2/c1-9-7-15(20-3)12(8-13(9)17)16(19)11-4-5-14(18)10(2)6-11/h4-8H,1-3H3. The molecule has 0 spiro atoms. The summed E-state index contributed by atoms with van der Waals surface area (Å²) in [7, 11) is 1.52. The Morgan fingerprint density at radius 3 is 2.45 bits per heavy atom. The molecular formula is C16H14BrFO2. The van der Waals surface area contributed by atoms with E-state index in [0.29, 0.717) is 22.4 Å². The smallest absolute Gasteiger partial charge is 0.196 e. The first-order valence-corrected chi connectivity index (χ1v) is 6.88. The zero-order valence-electron chi connectivity index (χ0n) is 11.5. The summed E-state index contributed by atoms with van der Waals surface area (Å²) >= 11 is 3.41. The van der Waals surface area contributed by atoms with E-state index in [1.807, 2.05) is 6.92 Å². The van der Waals surface area contributed by atoms with Crippen LogP contribution in [0.2, 0.25) is 0 Å². The second-order valence-corrected chi connectivity index (χ2v) is 5.45. The monoisotopic (exact) mass is 336 g/mol. The van der Waals surface area contributed by atoms with E-state index in [0.717, 1.165) is 10.0 Å². The van der Waals surface area contributed by atoms with Gasteiger partial charge >= 0.3 is 0 Å². The topological polar surface area (TPSA) is 26.3 Å². The predicted octanol–water partition coefficient (Wildman–Crippen LogP) is 4.44. The third-order valence-corrected chi connectivity index (χ3v) is 4.00. The average Bonchev–Trinajstić information content (AvgIpc) is 2.43. The summed E-state index contributed by atoms with van der Waals surface area (Å²) in [6.45, 7) is 3.55. The van der Waals surface area contributed by atoms with Crippen LogP contribution in [0.4, 0.5) is 4.39 Å². The van der Waals surface area contributed by atoms with Crippen molar-refractivity contribution in [2.45, 2.75) is 13.8 Å². The second kappa shape index (κ2) is 5.75. The van der Waals surface area contributed by atoms with Crippen molar-refractivity contribution in [3.63, 3.8) is 0 Å². The molecule has 0 aliphatic heterocycles. The number of rotatable bonds is 3. The molecule has 0 N–H and O–H groups in total. The van der Waals surface area contributed by atoms with Crippen LogP contribution in [0.25, 0.3) is 0 Å². The zero-order valence-corrected chi connectivity index (χ0v) is 13.0. The summed E-state index contributed by atoms with van der Waals surface area (Å²) in [5.41, 5.74) is 2.32. The molecule has 0 fully saturated rings. The highest BCUT2D eigenvalue weighted by Gasteiger charge is 2.17. The lowest BCUT2D eigenvalue weighted by Gasteiger charge is -2.11. The maximum atomic E-state index is 13.3. The zero-order chi connectivity index (χ0) is 14.9. The Morgan fingerprint density at radius 1 is 1.15 bits per heavy atom. The highest BCUT2D eigenvalue weighted by atomic mass is 79.9. The number of carbonyl (C=O) groups excluding carboxylic acids is 1. The third kappa shape index (κ3) is 2.75. The van der Waals surface area contributed by atoms with Gasteiger partial charge in [0.2, 0.25) is 0 Å². The lowest BCUT2D eigenvalue weighted by atomic mass is 9.99. The molecule has 2 aromatic rings. The van der Waals surface area contributed by atoms with Crippen LogP contribution in [0.5, 0.6) is 5.75 Å². The van der Waals surface area contributed by atoms with Crippen LogP contribution in [-0.2, 0) is 0 Å². The lowest BCUT2D eigenvalue weighted by Crippen LogP contribution is -2.05. The normalized spacial score (nSPS) is 10.4. The number of hydrogen-bond acceptors (Lipinski definition) is 2. The van der Waals surface area contributed by atoms with Crippen molar-refractivity contribution in [1.29, 1.82) is 0 Å². The molecule has 0 saturated carbocycles. The van der Waals surface area contributed by atoms with Crippen molar-refractivity contribution in [2.75, 3.05) is 7.11 Å². The number of methoxy groups -OCH3 is 1. The molecule has 0 radical (unpaired) electrons. The van der Waals surface area contributed by atoms with Gasteiger partial charge in [0.15, 0.2) is 5.78 Å². The number of aryl methyl sites for hydroxylation is 2. The van der Waals surface area contributed by atoms with Gasteiger partial charge in [-0.05, 0) is 55.3 Å². The highest BCUT2D eigenvalue weighted by molar-refractivity contribution is 9.10. The average molecular weight is 337 g/mol. The molecule has 0 aromatic heterocycles. The summed E-state index contributed by atoms with van der Waals surface area (Å²) in [5, 5.41) is 0. The fourth-order valence-corrected chi connectivity index (χ4v) is 2.29. The van der Waals surface area contributed by atoms with Gasteiger partial charge in [-0.1, -0.05) is 15.9 Å². The van der Waals surface area contributed by atoms with Gasteiger partial charge in [-0.2, -0.15) is 0 Å². The largest absolute Gasteiger partial charge is 0.496 e. The number of carbonyl (C=O) groups is 1. The predicted molar refractivity (Wildman–Crippen MR) is 80.0 cm³/mol. The van der Waals surface area contributed by atoms with E-state index in [1.165, 1.54) is 19.2 Å². The van der Waals surface area contributed by atoms with Crippen molar-refractivity contribution < 1.29 is 13.9 Å². The van der Waals surface area contributed by atoms with E-state index in [9.17, 15) is 9.18 Å². The molecule has 20 heavy (non-hydrogen) atoms. The summed E-state index contributed by atoms with van der Waals surface area (Å²) in [5.74, 6) is 0.00179. The lowest BCUT2D eigenvalue weighted by molar-refractivity contribution is 0.103. The summed E-state index contributed by atoms with van der Waals surface area (Å²) in [6, 6.07) is 7.86. The first-order chi connectivity index (χ1) is 9.43. The Kier molecular flexibility index (Phi) is 4.23. The molecule has 0 aliphatic rings. The van der Waals surface area contributed by atoms with Gasteiger partial charge in [-0.3, -0.25) is 4.79 Å².